The summed E-state index contributed by atoms with van der Waals surface area (Å²) in [5, 5.41) is 11.3. The summed E-state index contributed by atoms with van der Waals surface area (Å²) in [4.78, 5) is 20.4. The van der Waals surface area contributed by atoms with Gasteiger partial charge in [-0.3, -0.25) is 4.79 Å². The van der Waals surface area contributed by atoms with Crippen molar-refractivity contribution in [3.8, 4) is 0 Å². The molecule has 2 aromatic carbocycles. The molecule has 4 aliphatic heterocycles. The van der Waals surface area contributed by atoms with Gasteiger partial charge >= 0.3 is 0 Å². The van der Waals surface area contributed by atoms with Gasteiger partial charge in [-0.15, -0.1) is 0 Å². The molecule has 2 fully saturated rings. The molecule has 1 amide bonds. The summed E-state index contributed by atoms with van der Waals surface area (Å²) in [6.07, 6.45) is 2.62. The first-order valence-electron chi connectivity index (χ1n) is 11.1. The topological polar surface area (TPSA) is 118 Å². The largest absolute Gasteiger partial charge is 0.511 e. The van der Waals surface area contributed by atoms with Gasteiger partial charge in [0.25, 0.3) is 5.91 Å². The first-order chi connectivity index (χ1) is 16.2. The second-order valence-corrected chi connectivity index (χ2v) is 11.4. The lowest BCUT2D eigenvalue weighted by Crippen LogP contribution is -2.55. The fraction of sp³-hybridized carbons (Fsp3) is 0.333. The van der Waals surface area contributed by atoms with E-state index in [1.165, 1.54) is 18.4 Å². The van der Waals surface area contributed by atoms with Crippen molar-refractivity contribution in [3.05, 3.63) is 65.2 Å². The van der Waals surface area contributed by atoms with Crippen LogP contribution in [-0.2, 0) is 25.8 Å². The number of anilines is 1. The lowest BCUT2D eigenvalue weighted by Gasteiger charge is -2.41. The molecule has 34 heavy (non-hydrogen) atoms. The minimum Gasteiger partial charge on any atom is -0.511 e. The molecule has 2 aromatic rings. The minimum absolute atomic E-state index is 0.0578. The number of rotatable bonds is 3. The van der Waals surface area contributed by atoms with E-state index in [0.717, 1.165) is 18.4 Å². The highest BCUT2D eigenvalue weighted by molar-refractivity contribution is 7.93. The average Bonchev–Trinajstić information content (AvgIpc) is 3.40. The number of aliphatic hydroxyl groups excluding tert-OH is 1. The molecule has 0 spiro atoms. The molecule has 10 heteroatoms. The van der Waals surface area contributed by atoms with Gasteiger partial charge in [0, 0.05) is 18.5 Å². The first-order valence-corrected chi connectivity index (χ1v) is 13.0. The second kappa shape index (κ2) is 7.38. The summed E-state index contributed by atoms with van der Waals surface area (Å²) in [7, 11) is -2.95. The molecule has 8 nitrogen and oxygen atoms in total. The SMILES string of the molecule is CS1(=O)=NC(C2=C(O)C3C4CCC(O4)C3N(Cc3ccc(F)cc3)C2=O)=Nc2ccc(N)cc21. The van der Waals surface area contributed by atoms with Gasteiger partial charge in [-0.1, -0.05) is 12.1 Å². The van der Waals surface area contributed by atoms with Crippen LogP contribution < -0.4 is 5.73 Å². The number of benzene rings is 2. The van der Waals surface area contributed by atoms with Crippen LogP contribution in [0.25, 0.3) is 0 Å². The van der Waals surface area contributed by atoms with Crippen molar-refractivity contribution in [1.29, 1.82) is 0 Å². The molecule has 0 aromatic heterocycles. The number of nitrogens with two attached hydrogens (primary N) is 1. The van der Waals surface area contributed by atoms with Gasteiger partial charge in [0.1, 0.15) is 17.1 Å². The summed E-state index contributed by atoms with van der Waals surface area (Å²) in [6, 6.07) is 10.5. The highest BCUT2D eigenvalue weighted by Crippen LogP contribution is 2.49. The third-order valence-corrected chi connectivity index (χ3v) is 8.67. The monoisotopic (exact) mass is 482 g/mol. The molecule has 4 aliphatic rings. The number of nitrogens with zero attached hydrogens (tertiary/aromatic N) is 3. The van der Waals surface area contributed by atoms with E-state index in [1.807, 2.05) is 0 Å². The summed E-state index contributed by atoms with van der Waals surface area (Å²) in [6.45, 7) is 0.214. The van der Waals surface area contributed by atoms with Crippen molar-refractivity contribution in [2.24, 2.45) is 15.3 Å². The Labute approximate surface area is 196 Å². The van der Waals surface area contributed by atoms with Crippen LogP contribution in [0, 0.1) is 11.7 Å². The van der Waals surface area contributed by atoms with E-state index in [-0.39, 0.29) is 47.8 Å². The molecule has 0 aliphatic carbocycles. The van der Waals surface area contributed by atoms with Crippen LogP contribution in [0.5, 0.6) is 0 Å². The molecule has 2 saturated heterocycles. The lowest BCUT2D eigenvalue weighted by atomic mass is 9.78. The van der Waals surface area contributed by atoms with E-state index in [1.54, 1.807) is 35.2 Å². The van der Waals surface area contributed by atoms with Crippen LogP contribution in [0.2, 0.25) is 0 Å². The molecule has 6 rings (SSSR count). The molecule has 3 N–H and O–H groups in total. The zero-order valence-corrected chi connectivity index (χ0v) is 19.2. The number of fused-ring (bicyclic) bond motifs is 6. The highest BCUT2D eigenvalue weighted by atomic mass is 32.2. The predicted molar refractivity (Wildman–Crippen MR) is 124 cm³/mol. The highest BCUT2D eigenvalue weighted by Gasteiger charge is 2.58. The van der Waals surface area contributed by atoms with Gasteiger partial charge in [0.15, 0.2) is 5.84 Å². The van der Waals surface area contributed by atoms with Crippen LogP contribution in [0.1, 0.15) is 18.4 Å². The van der Waals surface area contributed by atoms with Crippen LogP contribution in [-0.4, -0.2) is 50.5 Å². The number of carbonyl (C=O) groups excluding carboxylic acids is 1. The Hall–Kier alpha value is -3.24. The standard InChI is InChI=1S/C24H23FN4O4S/c1-34(32)18-10-14(26)6-7-15(18)27-23(28-34)20-22(30)19-16-8-9-17(33-16)21(19)29(24(20)31)11-12-2-4-13(25)5-3-12/h2-7,10,16-17,19,21,30H,8-9,11,26H2,1H3. The maximum absolute atomic E-state index is 13.8. The van der Waals surface area contributed by atoms with Crippen LogP contribution >= 0.6 is 0 Å². The normalized spacial score (nSPS) is 31.8. The van der Waals surface area contributed by atoms with Gasteiger partial charge in [-0.05, 0) is 48.7 Å². The van der Waals surface area contributed by atoms with Crippen LogP contribution in [0.4, 0.5) is 15.8 Å². The summed E-state index contributed by atoms with van der Waals surface area (Å²) in [5.74, 6) is -1.42. The zero-order chi connectivity index (χ0) is 23.8. The number of ether oxygens (including phenoxy) is 1. The number of aliphatic imine (C=N–C) groups is 1. The maximum atomic E-state index is 13.8. The Balaban J connectivity index is 1.48. The Kier molecular flexibility index (Phi) is 4.62. The predicted octanol–water partition coefficient (Wildman–Crippen LogP) is 3.31. The van der Waals surface area contributed by atoms with Crippen molar-refractivity contribution in [3.63, 3.8) is 0 Å². The number of hydrogen-bond acceptors (Lipinski definition) is 7. The zero-order valence-electron chi connectivity index (χ0n) is 18.3. The van der Waals surface area contributed by atoms with E-state index in [0.29, 0.717) is 16.3 Å². The van der Waals surface area contributed by atoms with Gasteiger partial charge in [0.2, 0.25) is 0 Å². The number of nitrogen functional groups attached to an aromatic ring is 1. The Morgan fingerprint density at radius 1 is 1.21 bits per heavy atom. The third-order valence-electron chi connectivity index (χ3n) is 7.01. The third kappa shape index (κ3) is 3.16. The Morgan fingerprint density at radius 2 is 1.94 bits per heavy atom. The molecule has 0 saturated carbocycles. The number of carbonyl (C=O) groups is 1. The van der Waals surface area contributed by atoms with Gasteiger partial charge in [-0.2, -0.15) is 4.36 Å². The molecule has 4 heterocycles. The molecule has 5 unspecified atom stereocenters. The number of halogens is 1. The van der Waals surface area contributed by atoms with E-state index >= 15 is 0 Å². The fourth-order valence-corrected chi connectivity index (χ4v) is 6.91. The molecular formula is C24H23FN4O4S. The second-order valence-electron chi connectivity index (χ2n) is 9.18. The summed E-state index contributed by atoms with van der Waals surface area (Å²) < 4.78 is 37.3. The average molecular weight is 483 g/mol. The Morgan fingerprint density at radius 3 is 2.71 bits per heavy atom. The van der Waals surface area contributed by atoms with Gasteiger partial charge in [-0.25, -0.2) is 13.6 Å². The molecule has 5 atom stereocenters. The van der Waals surface area contributed by atoms with Crippen molar-refractivity contribution >= 4 is 32.8 Å². The number of amidine groups is 1. The van der Waals surface area contributed by atoms with E-state index in [2.05, 4.69) is 9.36 Å². The van der Waals surface area contributed by atoms with Crippen LogP contribution in [0.15, 0.2) is 68.0 Å². The first kappa shape index (κ1) is 21.3. The van der Waals surface area contributed by atoms with Gasteiger partial charge < -0.3 is 20.5 Å². The van der Waals surface area contributed by atoms with E-state index in [4.69, 9.17) is 10.5 Å². The molecule has 2 bridgehead atoms. The van der Waals surface area contributed by atoms with E-state index in [9.17, 15) is 18.5 Å². The van der Waals surface area contributed by atoms with E-state index < -0.39 is 21.6 Å². The van der Waals surface area contributed by atoms with Crippen molar-refractivity contribution < 1.29 is 23.2 Å². The maximum Gasteiger partial charge on any atom is 0.261 e. The van der Waals surface area contributed by atoms with Gasteiger partial charge in [0.05, 0.1) is 44.5 Å². The molecule has 176 valence electrons. The minimum atomic E-state index is -2.95. The lowest BCUT2D eigenvalue weighted by molar-refractivity contribution is -0.133. The molecular weight excluding hydrogens is 459 g/mol. The smallest absolute Gasteiger partial charge is 0.261 e. The van der Waals surface area contributed by atoms with Crippen LogP contribution in [0.3, 0.4) is 0 Å². The van der Waals surface area contributed by atoms with Crippen molar-refractivity contribution in [1.82, 2.24) is 4.90 Å². The Bertz CT molecular complexity index is 1410. The quantitative estimate of drug-likeness (QED) is 0.651. The molecule has 0 radical (unpaired) electrons. The van der Waals surface area contributed by atoms with Crippen molar-refractivity contribution in [2.45, 2.75) is 42.5 Å². The fourth-order valence-electron chi connectivity index (χ4n) is 5.49. The number of aliphatic hydroxyl groups is 1. The number of amides is 1. The summed E-state index contributed by atoms with van der Waals surface area (Å²) >= 11 is 0. The summed E-state index contributed by atoms with van der Waals surface area (Å²) in [5.41, 5.74) is 7.38. The van der Waals surface area contributed by atoms with Crippen molar-refractivity contribution in [2.75, 3.05) is 12.0 Å². The number of hydrogen-bond donors (Lipinski definition) is 2.